The van der Waals surface area contributed by atoms with E-state index in [1.807, 2.05) is 18.2 Å². The summed E-state index contributed by atoms with van der Waals surface area (Å²) >= 11 is 0. The number of benzene rings is 1. The van der Waals surface area contributed by atoms with Gasteiger partial charge in [-0.1, -0.05) is 11.8 Å². The lowest BCUT2D eigenvalue weighted by atomic mass is 10.2. The third-order valence-corrected chi connectivity index (χ3v) is 1.76. The summed E-state index contributed by atoms with van der Waals surface area (Å²) < 4.78 is 5.30. The Labute approximate surface area is 94.7 Å². The van der Waals surface area contributed by atoms with Crippen LogP contribution in [0.15, 0.2) is 24.3 Å². The van der Waals surface area contributed by atoms with E-state index in [1.165, 1.54) is 0 Å². The summed E-state index contributed by atoms with van der Waals surface area (Å²) in [5, 5.41) is 8.33. The normalized spacial score (nSPS) is 8.44. The van der Waals surface area contributed by atoms with Crippen LogP contribution in [0, 0.1) is 23.2 Å². The fourth-order valence-electron chi connectivity index (χ4n) is 1.04. The summed E-state index contributed by atoms with van der Waals surface area (Å²) in [5.41, 5.74) is 0.842. The Hall–Kier alpha value is -2.26. The van der Waals surface area contributed by atoms with Crippen LogP contribution in [-0.4, -0.2) is 12.9 Å². The van der Waals surface area contributed by atoms with E-state index in [4.69, 9.17) is 10.00 Å². The highest BCUT2D eigenvalue weighted by Crippen LogP contribution is 2.11. The Kier molecular flexibility index (Phi) is 5.23. The van der Waals surface area contributed by atoms with Crippen LogP contribution in [-0.2, 0) is 4.79 Å². The fourth-order valence-corrected chi connectivity index (χ4v) is 1.04. The highest BCUT2D eigenvalue weighted by molar-refractivity contribution is 5.55. The minimum Gasteiger partial charge on any atom is -0.493 e. The van der Waals surface area contributed by atoms with Crippen LogP contribution >= 0.6 is 0 Å². The van der Waals surface area contributed by atoms with Crippen molar-refractivity contribution < 1.29 is 9.53 Å². The molecule has 0 aliphatic heterocycles. The van der Waals surface area contributed by atoms with Crippen molar-refractivity contribution in [2.24, 2.45) is 0 Å². The van der Waals surface area contributed by atoms with Gasteiger partial charge in [-0.2, -0.15) is 5.26 Å². The molecule has 80 valence electrons. The SMILES string of the molecule is N#CCCOc1ccc(C#CCC=O)cc1. The van der Waals surface area contributed by atoms with E-state index in [2.05, 4.69) is 11.8 Å². The number of nitriles is 1. The van der Waals surface area contributed by atoms with Gasteiger partial charge in [-0.3, -0.25) is 0 Å². The van der Waals surface area contributed by atoms with Gasteiger partial charge in [0.2, 0.25) is 0 Å². The molecule has 1 aromatic carbocycles. The van der Waals surface area contributed by atoms with Crippen molar-refractivity contribution in [2.45, 2.75) is 12.8 Å². The summed E-state index contributed by atoms with van der Waals surface area (Å²) in [5.74, 6) is 6.29. The van der Waals surface area contributed by atoms with Crippen molar-refractivity contribution >= 4 is 6.29 Å². The van der Waals surface area contributed by atoms with Gasteiger partial charge in [0.25, 0.3) is 0 Å². The second-order valence-corrected chi connectivity index (χ2v) is 2.95. The molecular weight excluding hydrogens is 202 g/mol. The van der Waals surface area contributed by atoms with Crippen molar-refractivity contribution in [1.29, 1.82) is 5.26 Å². The summed E-state index contributed by atoms with van der Waals surface area (Å²) in [7, 11) is 0. The monoisotopic (exact) mass is 213 g/mol. The Morgan fingerprint density at radius 3 is 2.69 bits per heavy atom. The number of nitrogens with zero attached hydrogens (tertiary/aromatic N) is 1. The van der Waals surface area contributed by atoms with Crippen LogP contribution in [0.25, 0.3) is 0 Å². The van der Waals surface area contributed by atoms with Gasteiger partial charge in [-0.25, -0.2) is 0 Å². The number of ether oxygens (including phenoxy) is 1. The molecular formula is C13H11NO2. The molecule has 1 aromatic rings. The lowest BCUT2D eigenvalue weighted by Gasteiger charge is -2.02. The van der Waals surface area contributed by atoms with E-state index in [0.29, 0.717) is 13.0 Å². The second kappa shape index (κ2) is 7.09. The molecule has 0 amide bonds. The molecule has 0 radical (unpaired) electrons. The Bertz CT molecular complexity index is 432. The first kappa shape index (κ1) is 11.8. The molecule has 0 N–H and O–H groups in total. The number of rotatable bonds is 4. The Morgan fingerprint density at radius 1 is 1.31 bits per heavy atom. The molecule has 0 aliphatic rings. The minimum absolute atomic E-state index is 0.250. The minimum atomic E-state index is 0.250. The maximum atomic E-state index is 10.0. The summed E-state index contributed by atoms with van der Waals surface area (Å²) in [4.78, 5) is 10.0. The first-order valence-corrected chi connectivity index (χ1v) is 4.89. The van der Waals surface area contributed by atoms with Gasteiger partial charge in [0.1, 0.15) is 18.6 Å². The molecule has 0 aromatic heterocycles. The molecule has 0 atom stereocenters. The highest BCUT2D eigenvalue weighted by Gasteiger charge is 1.92. The van der Waals surface area contributed by atoms with E-state index in [1.54, 1.807) is 12.1 Å². The zero-order chi connectivity index (χ0) is 11.6. The highest BCUT2D eigenvalue weighted by atomic mass is 16.5. The first-order chi connectivity index (χ1) is 7.86. The zero-order valence-electron chi connectivity index (χ0n) is 8.77. The van der Waals surface area contributed by atoms with Crippen LogP contribution in [0.1, 0.15) is 18.4 Å². The van der Waals surface area contributed by atoms with Crippen LogP contribution < -0.4 is 4.74 Å². The Balaban J connectivity index is 2.52. The third-order valence-electron chi connectivity index (χ3n) is 1.76. The Morgan fingerprint density at radius 2 is 2.06 bits per heavy atom. The third kappa shape index (κ3) is 4.30. The molecule has 1 rings (SSSR count). The first-order valence-electron chi connectivity index (χ1n) is 4.89. The lowest BCUT2D eigenvalue weighted by Crippen LogP contribution is -1.95. The van der Waals surface area contributed by atoms with Crippen LogP contribution in [0.3, 0.4) is 0 Å². The quantitative estimate of drug-likeness (QED) is 0.436. The molecule has 0 saturated carbocycles. The molecule has 0 fully saturated rings. The van der Waals surface area contributed by atoms with Gasteiger partial charge >= 0.3 is 0 Å². The summed E-state index contributed by atoms with van der Waals surface area (Å²) in [6, 6.07) is 9.23. The molecule has 0 heterocycles. The maximum Gasteiger partial charge on any atom is 0.131 e. The smallest absolute Gasteiger partial charge is 0.131 e. The molecule has 0 unspecified atom stereocenters. The van der Waals surface area contributed by atoms with Crippen LogP contribution in [0.2, 0.25) is 0 Å². The van der Waals surface area contributed by atoms with Gasteiger partial charge in [0, 0.05) is 5.56 Å². The average molecular weight is 213 g/mol. The predicted octanol–water partition coefficient (Wildman–Crippen LogP) is 1.92. The predicted molar refractivity (Wildman–Crippen MR) is 59.7 cm³/mol. The molecule has 0 bridgehead atoms. The number of carbonyl (C=O) groups excluding carboxylic acids is 1. The van der Waals surface area contributed by atoms with Gasteiger partial charge < -0.3 is 9.53 Å². The van der Waals surface area contributed by atoms with Crippen molar-refractivity contribution in [2.75, 3.05) is 6.61 Å². The van der Waals surface area contributed by atoms with Gasteiger partial charge in [-0.05, 0) is 24.3 Å². The number of hydrogen-bond acceptors (Lipinski definition) is 3. The standard InChI is InChI=1S/C13H11NO2/c14-9-3-11-16-13-7-5-12(6-8-13)4-1-2-10-15/h5-8,10H,2-3,11H2. The molecule has 0 saturated heterocycles. The molecule has 3 nitrogen and oxygen atoms in total. The zero-order valence-corrected chi connectivity index (χ0v) is 8.77. The summed E-state index contributed by atoms with van der Waals surface area (Å²) in [6.45, 7) is 0.396. The van der Waals surface area contributed by atoms with Crippen molar-refractivity contribution in [1.82, 2.24) is 0 Å². The molecule has 0 spiro atoms. The fraction of sp³-hybridized carbons (Fsp3) is 0.231. The van der Waals surface area contributed by atoms with Crippen LogP contribution in [0.4, 0.5) is 0 Å². The largest absolute Gasteiger partial charge is 0.493 e. The van der Waals surface area contributed by atoms with Gasteiger partial charge in [0.15, 0.2) is 0 Å². The molecule has 16 heavy (non-hydrogen) atoms. The summed E-state index contributed by atoms with van der Waals surface area (Å²) in [6.07, 6.45) is 1.40. The molecule has 0 aliphatic carbocycles. The van der Waals surface area contributed by atoms with E-state index >= 15 is 0 Å². The number of aldehydes is 1. The average Bonchev–Trinajstić information content (AvgIpc) is 2.32. The van der Waals surface area contributed by atoms with E-state index in [9.17, 15) is 4.79 Å². The van der Waals surface area contributed by atoms with Crippen molar-refractivity contribution in [3.63, 3.8) is 0 Å². The maximum absolute atomic E-state index is 10.0. The lowest BCUT2D eigenvalue weighted by molar-refractivity contribution is -0.107. The van der Waals surface area contributed by atoms with E-state index in [-0.39, 0.29) is 6.42 Å². The van der Waals surface area contributed by atoms with Gasteiger partial charge in [0.05, 0.1) is 18.9 Å². The molecule has 3 heteroatoms. The van der Waals surface area contributed by atoms with Crippen molar-refractivity contribution in [3.8, 4) is 23.7 Å². The van der Waals surface area contributed by atoms with E-state index < -0.39 is 0 Å². The van der Waals surface area contributed by atoms with E-state index in [0.717, 1.165) is 17.6 Å². The van der Waals surface area contributed by atoms with Crippen molar-refractivity contribution in [3.05, 3.63) is 29.8 Å². The number of carbonyl (C=O) groups is 1. The van der Waals surface area contributed by atoms with Gasteiger partial charge in [-0.15, -0.1) is 0 Å². The van der Waals surface area contributed by atoms with Crippen LogP contribution in [0.5, 0.6) is 5.75 Å². The second-order valence-electron chi connectivity index (χ2n) is 2.95. The topological polar surface area (TPSA) is 50.1 Å². The number of hydrogen-bond donors (Lipinski definition) is 0.